The Morgan fingerprint density at radius 3 is 2.41 bits per heavy atom. The molecule has 0 aliphatic carbocycles. The fourth-order valence-corrected chi connectivity index (χ4v) is 4.26. The predicted octanol–water partition coefficient (Wildman–Crippen LogP) is 4.11. The molecule has 0 saturated carbocycles. The van der Waals surface area contributed by atoms with E-state index in [9.17, 15) is 18.0 Å². The number of likely N-dealkylation sites (N-methyl/N-ethyl adjacent to an activating group) is 1. The van der Waals surface area contributed by atoms with E-state index in [1.807, 2.05) is 6.07 Å². The van der Waals surface area contributed by atoms with Gasteiger partial charge in [-0.05, 0) is 42.4 Å². The summed E-state index contributed by atoms with van der Waals surface area (Å²) in [6, 6.07) is 8.44. The van der Waals surface area contributed by atoms with Gasteiger partial charge in [-0.1, -0.05) is 35.6 Å². The summed E-state index contributed by atoms with van der Waals surface area (Å²) in [5.41, 5.74) is 1.91. The van der Waals surface area contributed by atoms with Gasteiger partial charge in [-0.3, -0.25) is 9.69 Å². The second-order valence-electron chi connectivity index (χ2n) is 8.23. The summed E-state index contributed by atoms with van der Waals surface area (Å²) in [6.45, 7) is 5.29. The van der Waals surface area contributed by atoms with Crippen LogP contribution in [0, 0.1) is 11.8 Å². The van der Waals surface area contributed by atoms with Crippen LogP contribution >= 0.6 is 11.6 Å². The Morgan fingerprint density at radius 2 is 1.75 bits per heavy atom. The molecular weight excluding hydrogens is 439 g/mol. The molecule has 2 aromatic rings. The molecule has 0 unspecified atom stereocenters. The van der Waals surface area contributed by atoms with Crippen LogP contribution in [-0.2, 0) is 19.3 Å². The summed E-state index contributed by atoms with van der Waals surface area (Å²) in [7, 11) is 2.11. The first-order valence-corrected chi connectivity index (χ1v) is 10.8. The Morgan fingerprint density at radius 1 is 1.06 bits per heavy atom. The zero-order valence-corrected chi connectivity index (χ0v) is 18.4. The van der Waals surface area contributed by atoms with Gasteiger partial charge in [0.25, 0.3) is 5.91 Å². The molecule has 0 bridgehead atoms. The SMILES string of the molecule is CN1CCN(CC#Cc2cc(Cl)c3c(c2)CN(Cc2ccc(C(F)(F)F)cc2)C3=O)CC1. The standard InChI is InChI=1S/C24H23ClF3N3O/c1-29-9-11-30(12-10-29)8-2-3-18-13-19-16-31(23(32)22(19)21(25)14-18)15-17-4-6-20(7-5-17)24(26,27)28/h4-7,13-14H,8-12,15-16H2,1H3. The first kappa shape index (κ1) is 22.7. The average Bonchev–Trinajstić information content (AvgIpc) is 3.05. The lowest BCUT2D eigenvalue weighted by molar-refractivity contribution is -0.137. The number of nitrogens with zero attached hydrogens (tertiary/aromatic N) is 3. The maximum atomic E-state index is 12.8. The maximum Gasteiger partial charge on any atom is 0.416 e. The minimum absolute atomic E-state index is 0.215. The highest BCUT2D eigenvalue weighted by Gasteiger charge is 2.32. The molecule has 4 rings (SSSR count). The van der Waals surface area contributed by atoms with Crippen LogP contribution < -0.4 is 0 Å². The van der Waals surface area contributed by atoms with Crippen molar-refractivity contribution in [2.75, 3.05) is 39.8 Å². The van der Waals surface area contributed by atoms with Crippen molar-refractivity contribution in [3.8, 4) is 11.8 Å². The summed E-state index contributed by atoms with van der Waals surface area (Å²) in [6.07, 6.45) is -4.38. The van der Waals surface area contributed by atoms with E-state index in [-0.39, 0.29) is 12.5 Å². The molecule has 8 heteroatoms. The molecule has 0 radical (unpaired) electrons. The number of rotatable bonds is 3. The largest absolute Gasteiger partial charge is 0.416 e. The molecule has 2 aliphatic heterocycles. The molecule has 0 aromatic heterocycles. The van der Waals surface area contributed by atoms with Gasteiger partial charge in [-0.15, -0.1) is 0 Å². The predicted molar refractivity (Wildman–Crippen MR) is 117 cm³/mol. The van der Waals surface area contributed by atoms with Crippen molar-refractivity contribution in [1.82, 2.24) is 14.7 Å². The number of halogens is 4. The van der Waals surface area contributed by atoms with Crippen LogP contribution in [0.2, 0.25) is 5.02 Å². The van der Waals surface area contributed by atoms with Gasteiger partial charge in [-0.25, -0.2) is 0 Å². The number of alkyl halides is 3. The van der Waals surface area contributed by atoms with Crippen LogP contribution in [0.15, 0.2) is 36.4 Å². The Kier molecular flexibility index (Phi) is 6.47. The fourth-order valence-electron chi connectivity index (χ4n) is 3.94. The van der Waals surface area contributed by atoms with Crippen molar-refractivity contribution in [2.24, 2.45) is 0 Å². The van der Waals surface area contributed by atoms with Crippen LogP contribution in [0.4, 0.5) is 13.2 Å². The van der Waals surface area contributed by atoms with Crippen molar-refractivity contribution in [3.63, 3.8) is 0 Å². The van der Waals surface area contributed by atoms with E-state index in [1.165, 1.54) is 12.1 Å². The highest BCUT2D eigenvalue weighted by atomic mass is 35.5. The Labute approximate surface area is 190 Å². The molecule has 0 N–H and O–H groups in total. The van der Waals surface area contributed by atoms with Crippen LogP contribution in [0.25, 0.3) is 0 Å². The van der Waals surface area contributed by atoms with Crippen molar-refractivity contribution < 1.29 is 18.0 Å². The van der Waals surface area contributed by atoms with E-state index in [0.717, 1.165) is 49.4 Å². The lowest BCUT2D eigenvalue weighted by atomic mass is 10.1. The Hall–Kier alpha value is -2.53. The van der Waals surface area contributed by atoms with Gasteiger partial charge in [0.1, 0.15) is 0 Å². The molecular formula is C24H23ClF3N3O. The van der Waals surface area contributed by atoms with Crippen LogP contribution in [-0.4, -0.2) is 60.4 Å². The monoisotopic (exact) mass is 461 g/mol. The molecule has 1 amide bonds. The van der Waals surface area contributed by atoms with Gasteiger partial charge < -0.3 is 9.80 Å². The zero-order valence-electron chi connectivity index (χ0n) is 17.7. The smallest absolute Gasteiger partial charge is 0.330 e. The minimum atomic E-state index is -4.38. The van der Waals surface area contributed by atoms with Gasteiger partial charge in [0.2, 0.25) is 0 Å². The van der Waals surface area contributed by atoms with E-state index < -0.39 is 11.7 Å². The normalized spacial score (nSPS) is 17.3. The number of piperazine rings is 1. The molecule has 1 saturated heterocycles. The molecule has 2 aromatic carbocycles. The van der Waals surface area contributed by atoms with E-state index in [4.69, 9.17) is 11.6 Å². The number of benzene rings is 2. The summed E-state index contributed by atoms with van der Waals surface area (Å²) in [5.74, 6) is 6.12. The Balaban J connectivity index is 1.43. The fraction of sp³-hybridized carbons (Fsp3) is 0.375. The number of carbonyl (C=O) groups is 1. The summed E-state index contributed by atoms with van der Waals surface area (Å²) in [5, 5.41) is 0.353. The van der Waals surface area contributed by atoms with Gasteiger partial charge in [0, 0.05) is 44.8 Å². The molecule has 1 fully saturated rings. The van der Waals surface area contributed by atoms with E-state index >= 15 is 0 Å². The third-order valence-electron chi connectivity index (χ3n) is 5.82. The van der Waals surface area contributed by atoms with Gasteiger partial charge in [-0.2, -0.15) is 13.2 Å². The second kappa shape index (κ2) is 9.14. The quantitative estimate of drug-likeness (QED) is 0.643. The number of hydrogen-bond donors (Lipinski definition) is 0. The molecule has 2 aliphatic rings. The molecule has 4 nitrogen and oxygen atoms in total. The third kappa shape index (κ3) is 5.09. The highest BCUT2D eigenvalue weighted by Crippen LogP contribution is 2.32. The van der Waals surface area contributed by atoms with E-state index in [1.54, 1.807) is 11.0 Å². The third-order valence-corrected chi connectivity index (χ3v) is 6.12. The molecule has 168 valence electrons. The Bertz CT molecular complexity index is 1060. The summed E-state index contributed by atoms with van der Waals surface area (Å²) >= 11 is 6.40. The van der Waals surface area contributed by atoms with Gasteiger partial charge >= 0.3 is 6.18 Å². The van der Waals surface area contributed by atoms with Crippen LogP contribution in [0.3, 0.4) is 0 Å². The number of fused-ring (bicyclic) bond motifs is 1. The van der Waals surface area contributed by atoms with Crippen LogP contribution in [0.1, 0.15) is 32.6 Å². The lowest BCUT2D eigenvalue weighted by Crippen LogP contribution is -2.44. The summed E-state index contributed by atoms with van der Waals surface area (Å²) in [4.78, 5) is 19.0. The summed E-state index contributed by atoms with van der Waals surface area (Å²) < 4.78 is 38.3. The maximum absolute atomic E-state index is 12.8. The number of hydrogen-bond acceptors (Lipinski definition) is 3. The lowest BCUT2D eigenvalue weighted by Gasteiger charge is -2.30. The van der Waals surface area contributed by atoms with Crippen LogP contribution in [0.5, 0.6) is 0 Å². The van der Waals surface area contributed by atoms with E-state index in [0.29, 0.717) is 29.2 Å². The minimum Gasteiger partial charge on any atom is -0.330 e. The molecule has 0 atom stereocenters. The van der Waals surface area contributed by atoms with Crippen molar-refractivity contribution in [1.29, 1.82) is 0 Å². The zero-order chi connectivity index (χ0) is 22.9. The van der Waals surface area contributed by atoms with Gasteiger partial charge in [0.05, 0.1) is 22.7 Å². The topological polar surface area (TPSA) is 26.8 Å². The highest BCUT2D eigenvalue weighted by molar-refractivity contribution is 6.34. The second-order valence-corrected chi connectivity index (χ2v) is 8.64. The molecule has 32 heavy (non-hydrogen) atoms. The van der Waals surface area contributed by atoms with Crippen molar-refractivity contribution in [2.45, 2.75) is 19.3 Å². The van der Waals surface area contributed by atoms with Gasteiger partial charge in [0.15, 0.2) is 0 Å². The van der Waals surface area contributed by atoms with Crippen molar-refractivity contribution in [3.05, 3.63) is 69.2 Å². The van der Waals surface area contributed by atoms with E-state index in [2.05, 4.69) is 28.7 Å². The number of carbonyl (C=O) groups excluding carboxylic acids is 1. The first-order valence-electron chi connectivity index (χ1n) is 10.4. The van der Waals surface area contributed by atoms with Crippen molar-refractivity contribution >= 4 is 17.5 Å². The first-order chi connectivity index (χ1) is 15.2. The average molecular weight is 462 g/mol. The number of amides is 1. The molecule has 2 heterocycles. The molecule has 0 spiro atoms.